The van der Waals surface area contributed by atoms with E-state index in [0.717, 1.165) is 0 Å². The summed E-state index contributed by atoms with van der Waals surface area (Å²) < 4.78 is 35.5. The van der Waals surface area contributed by atoms with Gasteiger partial charge in [0.1, 0.15) is 12.7 Å². The molecule has 240 valence electrons. The molecule has 0 radical (unpaired) electrons. The highest BCUT2D eigenvalue weighted by Gasteiger charge is 2.53. The highest BCUT2D eigenvalue weighted by molar-refractivity contribution is 5.91. The van der Waals surface area contributed by atoms with Gasteiger partial charge in [0.25, 0.3) is 0 Å². The molecular weight excluding hydrogens is 604 g/mol. The van der Waals surface area contributed by atoms with Crippen molar-refractivity contribution >= 4 is 23.9 Å². The van der Waals surface area contributed by atoms with Crippen molar-refractivity contribution in [2.75, 3.05) is 13.2 Å². The van der Waals surface area contributed by atoms with Gasteiger partial charge in [-0.1, -0.05) is 78.9 Å². The van der Waals surface area contributed by atoms with Crippen molar-refractivity contribution in [1.82, 2.24) is 0 Å². The van der Waals surface area contributed by atoms with Crippen molar-refractivity contribution in [2.24, 2.45) is 0 Å². The third kappa shape index (κ3) is 8.57. The van der Waals surface area contributed by atoms with Crippen LogP contribution >= 0.6 is 0 Å². The summed E-state index contributed by atoms with van der Waals surface area (Å²) in [4.78, 5) is 53.2. The Morgan fingerprint density at radius 2 is 0.936 bits per heavy atom. The Morgan fingerprint density at radius 1 is 0.553 bits per heavy atom. The molecule has 0 aliphatic carbocycles. The normalized spacial score (nSPS) is 20.3. The summed E-state index contributed by atoms with van der Waals surface area (Å²) in [6.45, 7) is 3.19. The smallest absolute Gasteiger partial charge is 0.338 e. The maximum Gasteiger partial charge on any atom is 0.338 e. The van der Waals surface area contributed by atoms with E-state index in [2.05, 4.69) is 6.58 Å². The van der Waals surface area contributed by atoms with E-state index in [1.807, 2.05) is 0 Å². The van der Waals surface area contributed by atoms with Crippen LogP contribution in [0.4, 0.5) is 0 Å². The van der Waals surface area contributed by atoms with Gasteiger partial charge in [-0.25, -0.2) is 19.2 Å². The van der Waals surface area contributed by atoms with E-state index in [-0.39, 0.29) is 28.9 Å². The fraction of sp³-hybridized carbons (Fsp3) is 0.189. The molecule has 5 atom stereocenters. The van der Waals surface area contributed by atoms with Crippen LogP contribution in [0.25, 0.3) is 0 Å². The summed E-state index contributed by atoms with van der Waals surface area (Å²) in [5.74, 6) is -3.00. The first kappa shape index (κ1) is 32.8. The second kappa shape index (κ2) is 16.1. The van der Waals surface area contributed by atoms with Gasteiger partial charge in [0.05, 0.1) is 28.9 Å². The van der Waals surface area contributed by atoms with Crippen LogP contribution in [-0.2, 0) is 28.4 Å². The molecule has 47 heavy (non-hydrogen) atoms. The monoisotopic (exact) mass is 636 g/mol. The van der Waals surface area contributed by atoms with Crippen molar-refractivity contribution in [3.05, 3.63) is 156 Å². The second-order valence-electron chi connectivity index (χ2n) is 10.3. The Morgan fingerprint density at radius 3 is 1.36 bits per heavy atom. The lowest BCUT2D eigenvalue weighted by Crippen LogP contribution is -2.63. The van der Waals surface area contributed by atoms with Crippen molar-refractivity contribution < 1.29 is 47.6 Å². The number of hydrogen-bond acceptors (Lipinski definition) is 10. The minimum Gasteiger partial charge on any atom is -0.459 e. The number of ether oxygens (including phenoxy) is 6. The average Bonchev–Trinajstić information content (AvgIpc) is 3.13. The topological polar surface area (TPSA) is 124 Å². The molecule has 1 saturated heterocycles. The van der Waals surface area contributed by atoms with Gasteiger partial charge in [-0.15, -0.1) is 6.58 Å². The number of esters is 4. The largest absolute Gasteiger partial charge is 0.459 e. The van der Waals surface area contributed by atoms with E-state index in [1.54, 1.807) is 121 Å². The van der Waals surface area contributed by atoms with Gasteiger partial charge < -0.3 is 28.4 Å². The molecule has 4 aromatic carbocycles. The van der Waals surface area contributed by atoms with Gasteiger partial charge in [-0.3, -0.25) is 0 Å². The number of rotatable bonds is 12. The molecule has 1 aliphatic heterocycles. The van der Waals surface area contributed by atoms with E-state index in [1.165, 1.54) is 6.08 Å². The van der Waals surface area contributed by atoms with Gasteiger partial charge in [0.2, 0.25) is 0 Å². The Kier molecular flexibility index (Phi) is 11.3. The first-order valence-corrected chi connectivity index (χ1v) is 14.8. The Bertz CT molecular complexity index is 1640. The number of carbonyl (C=O) groups is 4. The molecule has 0 amide bonds. The Labute approximate surface area is 271 Å². The lowest BCUT2D eigenvalue weighted by atomic mass is 9.97. The van der Waals surface area contributed by atoms with Crippen molar-refractivity contribution in [2.45, 2.75) is 30.7 Å². The predicted molar refractivity (Wildman–Crippen MR) is 168 cm³/mol. The van der Waals surface area contributed by atoms with Crippen LogP contribution < -0.4 is 0 Å². The lowest BCUT2D eigenvalue weighted by molar-refractivity contribution is -0.295. The second-order valence-corrected chi connectivity index (χ2v) is 10.3. The summed E-state index contributed by atoms with van der Waals surface area (Å²) in [6.07, 6.45) is -5.49. The predicted octanol–water partition coefficient (Wildman–Crippen LogP) is 5.45. The quantitative estimate of drug-likeness (QED) is 0.113. The molecule has 0 saturated carbocycles. The standard InChI is InChI=1S/C37H32O10/c1-2-23-42-37-32(47-36(41)28-21-13-6-14-22-28)31(46-35(40)27-19-11-5-12-20-27)30(45-34(39)26-17-9-4-10-18-26)29(44-37)24-43-33(38)25-15-7-3-8-16-25/h2-22,29-32,37H,1,23-24H2/t29-,30-,31+,32-,37-/m0/s1. The molecule has 5 rings (SSSR count). The first-order valence-electron chi connectivity index (χ1n) is 14.8. The third-order valence-corrected chi connectivity index (χ3v) is 7.12. The summed E-state index contributed by atoms with van der Waals surface area (Å²) in [6, 6.07) is 32.7. The first-order chi connectivity index (χ1) is 22.9. The maximum absolute atomic E-state index is 13.5. The summed E-state index contributed by atoms with van der Waals surface area (Å²) in [5.41, 5.74) is 0.876. The fourth-order valence-corrected chi connectivity index (χ4v) is 4.82. The zero-order valence-corrected chi connectivity index (χ0v) is 25.2. The van der Waals surface area contributed by atoms with Gasteiger partial charge in [-0.2, -0.15) is 0 Å². The SMILES string of the molecule is C=CCO[C@H]1O[C@@H](COC(=O)c2ccccc2)[C@H](OC(=O)c2ccccc2)[C@@H](OC(=O)c2ccccc2)[C@@H]1OC(=O)c1ccccc1. The van der Waals surface area contributed by atoms with E-state index < -0.39 is 61.2 Å². The van der Waals surface area contributed by atoms with Crippen molar-refractivity contribution in [1.29, 1.82) is 0 Å². The minimum atomic E-state index is -1.48. The van der Waals surface area contributed by atoms with Crippen LogP contribution in [0.1, 0.15) is 41.4 Å². The molecule has 10 heteroatoms. The summed E-state index contributed by atoms with van der Waals surface area (Å²) in [7, 11) is 0. The summed E-state index contributed by atoms with van der Waals surface area (Å²) in [5, 5.41) is 0. The Balaban J connectivity index is 1.53. The van der Waals surface area contributed by atoms with Crippen LogP contribution in [-0.4, -0.2) is 67.8 Å². The molecule has 0 spiro atoms. The van der Waals surface area contributed by atoms with Crippen LogP contribution in [0.3, 0.4) is 0 Å². The molecule has 0 aromatic heterocycles. The molecule has 0 unspecified atom stereocenters. The lowest BCUT2D eigenvalue weighted by Gasteiger charge is -2.44. The van der Waals surface area contributed by atoms with Gasteiger partial charge >= 0.3 is 23.9 Å². The highest BCUT2D eigenvalue weighted by Crippen LogP contribution is 2.31. The molecular formula is C37H32O10. The minimum absolute atomic E-state index is 0.0472. The average molecular weight is 637 g/mol. The van der Waals surface area contributed by atoms with Gasteiger partial charge in [-0.05, 0) is 48.5 Å². The zero-order valence-electron chi connectivity index (χ0n) is 25.2. The molecule has 0 bridgehead atoms. The van der Waals surface area contributed by atoms with Crippen molar-refractivity contribution in [3.63, 3.8) is 0 Å². The van der Waals surface area contributed by atoms with Crippen LogP contribution in [0, 0.1) is 0 Å². The van der Waals surface area contributed by atoms with E-state index in [9.17, 15) is 19.2 Å². The number of carbonyl (C=O) groups excluding carboxylic acids is 4. The van der Waals surface area contributed by atoms with Gasteiger partial charge in [0, 0.05) is 0 Å². The maximum atomic E-state index is 13.5. The summed E-state index contributed by atoms with van der Waals surface area (Å²) >= 11 is 0. The molecule has 1 aliphatic rings. The zero-order chi connectivity index (χ0) is 33.0. The molecule has 1 fully saturated rings. The molecule has 0 N–H and O–H groups in total. The van der Waals surface area contributed by atoms with Crippen LogP contribution in [0.15, 0.2) is 134 Å². The number of hydrogen-bond donors (Lipinski definition) is 0. The molecule has 10 nitrogen and oxygen atoms in total. The third-order valence-electron chi connectivity index (χ3n) is 7.12. The number of benzene rings is 4. The van der Waals surface area contributed by atoms with E-state index in [4.69, 9.17) is 28.4 Å². The molecule has 4 aromatic rings. The van der Waals surface area contributed by atoms with Gasteiger partial charge in [0.15, 0.2) is 24.6 Å². The van der Waals surface area contributed by atoms with Crippen LogP contribution in [0.2, 0.25) is 0 Å². The Hall–Kier alpha value is -5.58. The van der Waals surface area contributed by atoms with Crippen LogP contribution in [0.5, 0.6) is 0 Å². The van der Waals surface area contributed by atoms with Crippen molar-refractivity contribution in [3.8, 4) is 0 Å². The van der Waals surface area contributed by atoms with E-state index in [0.29, 0.717) is 0 Å². The molecule has 1 heterocycles. The van der Waals surface area contributed by atoms with E-state index >= 15 is 0 Å². The fourth-order valence-electron chi connectivity index (χ4n) is 4.82. The highest BCUT2D eigenvalue weighted by atomic mass is 16.7.